The van der Waals surface area contributed by atoms with Gasteiger partial charge in [-0.15, -0.1) is 0 Å². The highest BCUT2D eigenvalue weighted by molar-refractivity contribution is 6.36. The fourth-order valence-electron chi connectivity index (χ4n) is 3.26. The summed E-state index contributed by atoms with van der Waals surface area (Å²) in [6, 6.07) is 16.3. The molecule has 1 aliphatic rings. The van der Waals surface area contributed by atoms with Crippen molar-refractivity contribution in [1.29, 1.82) is 5.26 Å². The molecule has 0 heterocycles. The van der Waals surface area contributed by atoms with E-state index < -0.39 is 5.41 Å². The van der Waals surface area contributed by atoms with Gasteiger partial charge in [-0.2, -0.15) is 5.26 Å². The van der Waals surface area contributed by atoms with Crippen LogP contribution in [0.3, 0.4) is 0 Å². The molecule has 1 unspecified atom stereocenters. The first-order valence-electron chi connectivity index (χ1n) is 7.09. The van der Waals surface area contributed by atoms with E-state index in [1.54, 1.807) is 0 Å². The fourth-order valence-corrected chi connectivity index (χ4v) is 3.79. The lowest BCUT2D eigenvalue weighted by Gasteiger charge is -2.34. The van der Waals surface area contributed by atoms with Crippen molar-refractivity contribution in [3.63, 3.8) is 0 Å². The average molecular weight is 316 g/mol. The number of benzene rings is 2. The zero-order chi connectivity index (χ0) is 14.9. The number of halogens is 2. The number of nitrogens with zero attached hydrogens (tertiary/aromatic N) is 1. The first-order chi connectivity index (χ1) is 10.2. The van der Waals surface area contributed by atoms with Gasteiger partial charge in [-0.25, -0.2) is 0 Å². The Morgan fingerprint density at radius 3 is 2.48 bits per heavy atom. The van der Waals surface area contributed by atoms with Crippen LogP contribution in [0, 0.1) is 11.3 Å². The van der Waals surface area contributed by atoms with Gasteiger partial charge >= 0.3 is 0 Å². The van der Waals surface area contributed by atoms with Gasteiger partial charge in [0.15, 0.2) is 0 Å². The Balaban J connectivity index is 2.10. The van der Waals surface area contributed by atoms with Gasteiger partial charge in [0, 0.05) is 10.0 Å². The third kappa shape index (κ3) is 2.55. The predicted molar refractivity (Wildman–Crippen MR) is 86.8 cm³/mol. The maximum atomic E-state index is 9.90. The monoisotopic (exact) mass is 315 g/mol. The Labute approximate surface area is 135 Å². The second-order valence-electron chi connectivity index (χ2n) is 5.58. The molecule has 106 valence electrons. The Bertz CT molecular complexity index is 697. The minimum atomic E-state index is -0.524. The number of hydrogen-bond donors (Lipinski definition) is 0. The van der Waals surface area contributed by atoms with Crippen molar-refractivity contribution in [2.75, 3.05) is 0 Å². The molecule has 0 N–H and O–H groups in total. The Morgan fingerprint density at radius 2 is 1.76 bits per heavy atom. The summed E-state index contributed by atoms with van der Waals surface area (Å²) in [7, 11) is 0. The Kier molecular flexibility index (Phi) is 3.93. The minimum absolute atomic E-state index is 0.524. The van der Waals surface area contributed by atoms with Crippen LogP contribution in [0.25, 0.3) is 0 Å². The molecule has 0 bridgehead atoms. The standard InChI is InChI=1S/C18H15Cl2N/c19-16-8-3-9-17(20)14(16)11-18(12-21)10-4-6-13-5-1-2-7-15(13)18/h1-3,5,7-9H,4,6,10-11H2. The highest BCUT2D eigenvalue weighted by Crippen LogP contribution is 2.42. The van der Waals surface area contributed by atoms with Crippen LogP contribution in [0.2, 0.25) is 10.0 Å². The smallest absolute Gasteiger partial charge is 0.0866 e. The first-order valence-corrected chi connectivity index (χ1v) is 7.84. The molecule has 0 fully saturated rings. The van der Waals surface area contributed by atoms with Gasteiger partial charge in [-0.05, 0) is 54.5 Å². The number of nitriles is 1. The van der Waals surface area contributed by atoms with Crippen LogP contribution in [-0.4, -0.2) is 0 Å². The summed E-state index contributed by atoms with van der Waals surface area (Å²) in [5, 5.41) is 11.2. The van der Waals surface area contributed by atoms with Crippen molar-refractivity contribution in [2.45, 2.75) is 31.1 Å². The van der Waals surface area contributed by atoms with Crippen molar-refractivity contribution in [2.24, 2.45) is 0 Å². The van der Waals surface area contributed by atoms with Crippen LogP contribution >= 0.6 is 23.2 Å². The van der Waals surface area contributed by atoms with Gasteiger partial charge in [0.1, 0.15) is 0 Å². The lowest BCUT2D eigenvalue weighted by atomic mass is 9.68. The molecule has 1 nitrogen and oxygen atoms in total. The number of hydrogen-bond acceptors (Lipinski definition) is 1. The second-order valence-corrected chi connectivity index (χ2v) is 6.40. The highest BCUT2D eigenvalue weighted by Gasteiger charge is 2.37. The molecule has 0 spiro atoms. The molecule has 0 amide bonds. The van der Waals surface area contributed by atoms with Crippen LogP contribution < -0.4 is 0 Å². The number of rotatable bonds is 2. The van der Waals surface area contributed by atoms with E-state index in [0.717, 1.165) is 30.4 Å². The highest BCUT2D eigenvalue weighted by atomic mass is 35.5. The molecule has 3 heteroatoms. The Hall–Kier alpha value is -1.49. The summed E-state index contributed by atoms with van der Waals surface area (Å²) < 4.78 is 0. The zero-order valence-electron chi connectivity index (χ0n) is 11.6. The van der Waals surface area contributed by atoms with E-state index in [1.807, 2.05) is 30.3 Å². The molecule has 0 radical (unpaired) electrons. The summed E-state index contributed by atoms with van der Waals surface area (Å²) in [6.07, 6.45) is 3.48. The molecule has 2 aromatic carbocycles. The van der Waals surface area contributed by atoms with E-state index in [0.29, 0.717) is 16.5 Å². The van der Waals surface area contributed by atoms with E-state index in [1.165, 1.54) is 5.56 Å². The molecular weight excluding hydrogens is 301 g/mol. The van der Waals surface area contributed by atoms with E-state index in [-0.39, 0.29) is 0 Å². The van der Waals surface area contributed by atoms with E-state index >= 15 is 0 Å². The van der Waals surface area contributed by atoms with Gasteiger partial charge < -0.3 is 0 Å². The van der Waals surface area contributed by atoms with Gasteiger partial charge in [-0.3, -0.25) is 0 Å². The number of fused-ring (bicyclic) bond motifs is 1. The molecule has 1 aliphatic carbocycles. The van der Waals surface area contributed by atoms with Gasteiger partial charge in [-0.1, -0.05) is 53.5 Å². The van der Waals surface area contributed by atoms with Crippen molar-refractivity contribution in [3.05, 3.63) is 69.2 Å². The quantitative estimate of drug-likeness (QED) is 0.734. The summed E-state index contributed by atoms with van der Waals surface area (Å²) >= 11 is 12.6. The van der Waals surface area contributed by atoms with Gasteiger partial charge in [0.2, 0.25) is 0 Å². The topological polar surface area (TPSA) is 23.8 Å². The molecule has 0 saturated carbocycles. The van der Waals surface area contributed by atoms with Crippen molar-refractivity contribution >= 4 is 23.2 Å². The molecule has 21 heavy (non-hydrogen) atoms. The molecule has 2 aromatic rings. The van der Waals surface area contributed by atoms with Crippen LogP contribution in [-0.2, 0) is 18.3 Å². The Morgan fingerprint density at radius 1 is 1.05 bits per heavy atom. The predicted octanol–water partition coefficient (Wildman–Crippen LogP) is 5.33. The van der Waals surface area contributed by atoms with Crippen molar-refractivity contribution < 1.29 is 0 Å². The molecular formula is C18H15Cl2N. The SMILES string of the molecule is N#CC1(Cc2c(Cl)cccc2Cl)CCCc2ccccc21. The normalized spacial score (nSPS) is 20.6. The molecule has 3 rings (SSSR count). The van der Waals surface area contributed by atoms with E-state index in [2.05, 4.69) is 18.2 Å². The molecule has 1 atom stereocenters. The maximum absolute atomic E-state index is 9.90. The third-order valence-electron chi connectivity index (χ3n) is 4.34. The molecule has 0 aliphatic heterocycles. The number of aryl methyl sites for hydroxylation is 1. The second kappa shape index (κ2) is 5.72. The van der Waals surface area contributed by atoms with E-state index in [9.17, 15) is 5.26 Å². The first kappa shape index (κ1) is 14.4. The summed E-state index contributed by atoms with van der Waals surface area (Å²) in [5.41, 5.74) is 2.76. The zero-order valence-corrected chi connectivity index (χ0v) is 13.1. The minimum Gasteiger partial charge on any atom is -0.197 e. The van der Waals surface area contributed by atoms with E-state index in [4.69, 9.17) is 23.2 Å². The average Bonchev–Trinajstić information content (AvgIpc) is 2.51. The lowest BCUT2D eigenvalue weighted by Crippen LogP contribution is -2.32. The molecule has 0 aromatic heterocycles. The summed E-state index contributed by atoms with van der Waals surface area (Å²) in [6.45, 7) is 0. The fraction of sp³-hybridized carbons (Fsp3) is 0.278. The largest absolute Gasteiger partial charge is 0.197 e. The lowest BCUT2D eigenvalue weighted by molar-refractivity contribution is 0.450. The van der Waals surface area contributed by atoms with Crippen LogP contribution in [0.4, 0.5) is 0 Å². The van der Waals surface area contributed by atoms with Crippen molar-refractivity contribution in [3.8, 4) is 6.07 Å². The maximum Gasteiger partial charge on any atom is 0.0866 e. The summed E-state index contributed by atoms with van der Waals surface area (Å²) in [4.78, 5) is 0. The van der Waals surface area contributed by atoms with Crippen LogP contribution in [0.5, 0.6) is 0 Å². The molecule has 0 saturated heterocycles. The third-order valence-corrected chi connectivity index (χ3v) is 5.05. The van der Waals surface area contributed by atoms with Gasteiger partial charge in [0.05, 0.1) is 11.5 Å². The summed E-state index contributed by atoms with van der Waals surface area (Å²) in [5.74, 6) is 0. The van der Waals surface area contributed by atoms with Gasteiger partial charge in [0.25, 0.3) is 0 Å². The van der Waals surface area contributed by atoms with Crippen LogP contribution in [0.1, 0.15) is 29.5 Å². The van der Waals surface area contributed by atoms with Crippen LogP contribution in [0.15, 0.2) is 42.5 Å². The van der Waals surface area contributed by atoms with Crippen molar-refractivity contribution in [1.82, 2.24) is 0 Å².